The highest BCUT2D eigenvalue weighted by molar-refractivity contribution is 7.92. The third-order valence-electron chi connectivity index (χ3n) is 2.26. The van der Waals surface area contributed by atoms with Gasteiger partial charge in [-0.15, -0.1) is 11.3 Å². The van der Waals surface area contributed by atoms with Crippen LogP contribution in [0.2, 0.25) is 0 Å². The van der Waals surface area contributed by atoms with Gasteiger partial charge >= 0.3 is 0 Å². The van der Waals surface area contributed by atoms with Crippen LogP contribution in [0.5, 0.6) is 0 Å². The fourth-order valence-corrected chi connectivity index (χ4v) is 3.32. The van der Waals surface area contributed by atoms with Crippen molar-refractivity contribution in [2.75, 3.05) is 4.72 Å². The number of nitrogens with zero attached hydrogens (tertiary/aromatic N) is 2. The van der Waals surface area contributed by atoms with Crippen LogP contribution < -0.4 is 4.72 Å². The lowest BCUT2D eigenvalue weighted by Gasteiger charge is -2.14. The van der Waals surface area contributed by atoms with Crippen molar-refractivity contribution < 1.29 is 8.42 Å². The van der Waals surface area contributed by atoms with E-state index >= 15 is 0 Å². The first kappa shape index (κ1) is 13.0. The van der Waals surface area contributed by atoms with Gasteiger partial charge in [0.1, 0.15) is 0 Å². The molecule has 2 heterocycles. The summed E-state index contributed by atoms with van der Waals surface area (Å²) in [4.78, 5) is 10.5. The standard InChI is InChI=1S/C10H14N4O2S2/c1-10(2,3)7-5-17-9(13-7)14-18(15,16)8-4-11-6-12-8/h4-6H,1-3H3,(H,11,12)(H,13,14). The third-order valence-corrected chi connectivity index (χ3v) is 4.41. The van der Waals surface area contributed by atoms with Crippen LogP contribution in [0.1, 0.15) is 26.5 Å². The van der Waals surface area contributed by atoms with Crippen molar-refractivity contribution >= 4 is 26.5 Å². The summed E-state index contributed by atoms with van der Waals surface area (Å²) in [6.45, 7) is 6.07. The number of thiazole rings is 1. The summed E-state index contributed by atoms with van der Waals surface area (Å²) in [7, 11) is -3.62. The van der Waals surface area contributed by atoms with E-state index in [0.29, 0.717) is 5.13 Å². The molecule has 0 atom stereocenters. The van der Waals surface area contributed by atoms with E-state index in [1.54, 1.807) is 0 Å². The van der Waals surface area contributed by atoms with Gasteiger partial charge in [0.05, 0.1) is 18.2 Å². The molecule has 2 aromatic rings. The number of hydrogen-bond donors (Lipinski definition) is 2. The second-order valence-electron chi connectivity index (χ2n) is 4.81. The predicted molar refractivity (Wildman–Crippen MR) is 70.2 cm³/mol. The van der Waals surface area contributed by atoms with Crippen LogP contribution >= 0.6 is 11.3 Å². The molecule has 0 amide bonds. The molecule has 18 heavy (non-hydrogen) atoms. The van der Waals surface area contributed by atoms with Crippen LogP contribution in [-0.2, 0) is 15.4 Å². The molecule has 0 bridgehead atoms. The molecule has 98 valence electrons. The Morgan fingerprint density at radius 1 is 1.39 bits per heavy atom. The smallest absolute Gasteiger partial charge is 0.280 e. The van der Waals surface area contributed by atoms with Gasteiger partial charge in [-0.1, -0.05) is 20.8 Å². The molecule has 0 spiro atoms. The SMILES string of the molecule is CC(C)(C)c1csc(NS(=O)(=O)c2cnc[nH]2)n1. The summed E-state index contributed by atoms with van der Waals surface area (Å²) >= 11 is 1.26. The largest absolute Gasteiger partial charge is 0.334 e. The molecule has 8 heteroatoms. The Morgan fingerprint density at radius 2 is 2.11 bits per heavy atom. The molecule has 0 aromatic carbocycles. The fraction of sp³-hybridized carbons (Fsp3) is 0.400. The summed E-state index contributed by atoms with van der Waals surface area (Å²) in [5.74, 6) is 0. The van der Waals surface area contributed by atoms with Gasteiger partial charge in [-0.05, 0) is 0 Å². The van der Waals surface area contributed by atoms with E-state index in [-0.39, 0.29) is 10.4 Å². The molecule has 0 aliphatic carbocycles. The van der Waals surface area contributed by atoms with Gasteiger partial charge < -0.3 is 4.98 Å². The normalized spacial score (nSPS) is 12.6. The molecule has 0 aliphatic heterocycles. The summed E-state index contributed by atoms with van der Waals surface area (Å²) < 4.78 is 26.2. The van der Waals surface area contributed by atoms with Gasteiger partial charge in [-0.3, -0.25) is 4.72 Å². The maximum absolute atomic E-state index is 11.9. The zero-order valence-electron chi connectivity index (χ0n) is 10.3. The molecule has 0 fully saturated rings. The van der Waals surface area contributed by atoms with Gasteiger partial charge in [0.25, 0.3) is 10.0 Å². The summed E-state index contributed by atoms with van der Waals surface area (Å²) in [6, 6.07) is 0. The molecule has 2 rings (SSSR count). The number of imidazole rings is 1. The molecule has 6 nitrogen and oxygen atoms in total. The topological polar surface area (TPSA) is 87.7 Å². The molecule has 0 aliphatic rings. The maximum atomic E-state index is 11.9. The van der Waals surface area contributed by atoms with E-state index in [2.05, 4.69) is 19.7 Å². The minimum atomic E-state index is -3.62. The number of H-pyrrole nitrogens is 1. The molecule has 0 unspecified atom stereocenters. The molecule has 0 saturated carbocycles. The van der Waals surface area contributed by atoms with Crippen LogP contribution in [0, 0.1) is 0 Å². The number of aromatic amines is 1. The minimum absolute atomic E-state index is 0.0232. The molecular formula is C10H14N4O2S2. The van der Waals surface area contributed by atoms with Gasteiger partial charge in [0, 0.05) is 10.8 Å². The fourth-order valence-electron chi connectivity index (χ4n) is 1.23. The lowest BCUT2D eigenvalue weighted by molar-refractivity contribution is 0.573. The lowest BCUT2D eigenvalue weighted by Crippen LogP contribution is -2.15. The highest BCUT2D eigenvalue weighted by atomic mass is 32.2. The highest BCUT2D eigenvalue weighted by Crippen LogP contribution is 2.27. The van der Waals surface area contributed by atoms with Crippen molar-refractivity contribution in [2.24, 2.45) is 0 Å². The molecule has 0 saturated heterocycles. The Bertz CT molecular complexity index is 623. The summed E-state index contributed by atoms with van der Waals surface area (Å²) in [5.41, 5.74) is 0.753. The zero-order valence-corrected chi connectivity index (χ0v) is 11.9. The highest BCUT2D eigenvalue weighted by Gasteiger charge is 2.21. The second kappa shape index (κ2) is 4.36. The number of anilines is 1. The predicted octanol–water partition coefficient (Wildman–Crippen LogP) is 1.96. The quantitative estimate of drug-likeness (QED) is 0.903. The number of sulfonamides is 1. The van der Waals surface area contributed by atoms with E-state index < -0.39 is 10.0 Å². The monoisotopic (exact) mass is 286 g/mol. The van der Waals surface area contributed by atoms with E-state index in [0.717, 1.165) is 5.69 Å². The Labute approximate surface area is 110 Å². The van der Waals surface area contributed by atoms with Gasteiger partial charge in [0.2, 0.25) is 0 Å². The van der Waals surface area contributed by atoms with Crippen LogP contribution in [0.4, 0.5) is 5.13 Å². The Balaban J connectivity index is 2.23. The van der Waals surface area contributed by atoms with Crippen LogP contribution in [0.25, 0.3) is 0 Å². The Kier molecular flexibility index (Phi) is 3.16. The van der Waals surface area contributed by atoms with Gasteiger partial charge in [-0.2, -0.15) is 8.42 Å². The molecule has 0 radical (unpaired) electrons. The van der Waals surface area contributed by atoms with Crippen molar-refractivity contribution in [2.45, 2.75) is 31.2 Å². The third kappa shape index (κ3) is 2.70. The van der Waals surface area contributed by atoms with Crippen LogP contribution in [-0.4, -0.2) is 23.4 Å². The zero-order chi connectivity index (χ0) is 13.4. The van der Waals surface area contributed by atoms with Gasteiger partial charge in [0.15, 0.2) is 10.2 Å². The van der Waals surface area contributed by atoms with E-state index in [1.807, 2.05) is 26.2 Å². The Hall–Kier alpha value is -1.41. The summed E-state index contributed by atoms with van der Waals surface area (Å²) in [5, 5.41) is 2.23. The molecular weight excluding hydrogens is 272 g/mol. The first-order valence-corrected chi connectivity index (χ1v) is 7.62. The Morgan fingerprint density at radius 3 is 2.61 bits per heavy atom. The van der Waals surface area contributed by atoms with Crippen molar-refractivity contribution in [1.82, 2.24) is 15.0 Å². The average Bonchev–Trinajstić information content (AvgIpc) is 2.83. The number of nitrogens with one attached hydrogen (secondary N) is 2. The maximum Gasteiger partial charge on any atom is 0.280 e. The average molecular weight is 286 g/mol. The molecule has 2 N–H and O–H groups in total. The van der Waals surface area contributed by atoms with Crippen molar-refractivity contribution in [3.05, 3.63) is 23.6 Å². The van der Waals surface area contributed by atoms with E-state index in [9.17, 15) is 8.42 Å². The van der Waals surface area contributed by atoms with Crippen LogP contribution in [0.15, 0.2) is 22.9 Å². The second-order valence-corrected chi connectivity index (χ2v) is 7.32. The van der Waals surface area contributed by atoms with Crippen molar-refractivity contribution in [3.8, 4) is 0 Å². The van der Waals surface area contributed by atoms with E-state index in [1.165, 1.54) is 23.9 Å². The number of aromatic nitrogens is 3. The van der Waals surface area contributed by atoms with Crippen LogP contribution in [0.3, 0.4) is 0 Å². The van der Waals surface area contributed by atoms with Crippen molar-refractivity contribution in [3.63, 3.8) is 0 Å². The molecule has 2 aromatic heterocycles. The first-order valence-electron chi connectivity index (χ1n) is 5.26. The minimum Gasteiger partial charge on any atom is -0.334 e. The van der Waals surface area contributed by atoms with E-state index in [4.69, 9.17) is 0 Å². The number of rotatable bonds is 3. The van der Waals surface area contributed by atoms with Gasteiger partial charge in [-0.25, -0.2) is 9.97 Å². The lowest BCUT2D eigenvalue weighted by atomic mass is 9.93. The number of hydrogen-bond acceptors (Lipinski definition) is 5. The van der Waals surface area contributed by atoms with Crippen molar-refractivity contribution in [1.29, 1.82) is 0 Å². The summed E-state index contributed by atoms with van der Waals surface area (Å²) in [6.07, 6.45) is 2.57. The first-order chi connectivity index (χ1) is 8.29.